The SMILES string of the molecule is CCOC(=O)c1cccc2c1C(=O)C(c1nncn1C)C(c1ccc(F)cc1)N2. The van der Waals surface area contributed by atoms with Crippen LogP contribution in [0.15, 0.2) is 48.8 Å². The molecule has 2 aromatic carbocycles. The smallest absolute Gasteiger partial charge is 0.338 e. The fourth-order valence-corrected chi connectivity index (χ4v) is 3.66. The molecule has 1 aromatic heterocycles. The summed E-state index contributed by atoms with van der Waals surface area (Å²) in [6.07, 6.45) is 1.51. The van der Waals surface area contributed by atoms with Crippen molar-refractivity contribution in [2.45, 2.75) is 18.9 Å². The number of ketones is 1. The third kappa shape index (κ3) is 3.26. The van der Waals surface area contributed by atoms with Crippen molar-refractivity contribution in [3.05, 3.63) is 77.1 Å². The van der Waals surface area contributed by atoms with Gasteiger partial charge in [0.25, 0.3) is 0 Å². The average Bonchev–Trinajstić information content (AvgIpc) is 3.13. The van der Waals surface area contributed by atoms with Crippen LogP contribution in [0.5, 0.6) is 0 Å². The van der Waals surface area contributed by atoms with E-state index in [4.69, 9.17) is 4.74 Å². The Balaban J connectivity index is 1.88. The molecule has 0 saturated heterocycles. The van der Waals surface area contributed by atoms with Gasteiger partial charge in [-0.2, -0.15) is 0 Å². The van der Waals surface area contributed by atoms with Crippen molar-refractivity contribution in [3.63, 3.8) is 0 Å². The number of nitrogens with one attached hydrogen (secondary N) is 1. The number of carbonyl (C=O) groups is 2. The molecule has 7 nitrogen and oxygen atoms in total. The first-order chi connectivity index (χ1) is 14.0. The predicted molar refractivity (Wildman–Crippen MR) is 103 cm³/mol. The maximum atomic E-state index is 13.6. The second-order valence-corrected chi connectivity index (χ2v) is 6.76. The van der Waals surface area contributed by atoms with Gasteiger partial charge in [0.05, 0.1) is 23.8 Å². The zero-order valence-corrected chi connectivity index (χ0v) is 15.9. The van der Waals surface area contributed by atoms with Gasteiger partial charge >= 0.3 is 5.97 Å². The highest BCUT2D eigenvalue weighted by Crippen LogP contribution is 2.42. The monoisotopic (exact) mass is 394 g/mol. The quantitative estimate of drug-likeness (QED) is 0.684. The first-order valence-corrected chi connectivity index (χ1v) is 9.21. The number of hydrogen-bond donors (Lipinski definition) is 1. The van der Waals surface area contributed by atoms with Gasteiger partial charge in [-0.15, -0.1) is 10.2 Å². The second-order valence-electron chi connectivity index (χ2n) is 6.76. The van der Waals surface area contributed by atoms with Gasteiger partial charge in [0.2, 0.25) is 0 Å². The number of rotatable bonds is 4. The van der Waals surface area contributed by atoms with Crippen molar-refractivity contribution in [2.75, 3.05) is 11.9 Å². The molecular weight excluding hydrogens is 375 g/mol. The number of Topliss-reactive ketones (excluding diaryl/α,β-unsaturated/α-hetero) is 1. The number of aryl methyl sites for hydroxylation is 1. The molecule has 0 saturated carbocycles. The van der Waals surface area contributed by atoms with Crippen LogP contribution in [0.1, 0.15) is 51.0 Å². The summed E-state index contributed by atoms with van der Waals surface area (Å²) < 4.78 is 20.2. The van der Waals surface area contributed by atoms with Gasteiger partial charge in [-0.05, 0) is 36.8 Å². The summed E-state index contributed by atoms with van der Waals surface area (Å²) >= 11 is 0. The van der Waals surface area contributed by atoms with Crippen LogP contribution >= 0.6 is 0 Å². The number of fused-ring (bicyclic) bond motifs is 1. The summed E-state index contributed by atoms with van der Waals surface area (Å²) in [6, 6.07) is 10.4. The average molecular weight is 394 g/mol. The van der Waals surface area contributed by atoms with Gasteiger partial charge in [0.1, 0.15) is 23.9 Å². The van der Waals surface area contributed by atoms with Crippen LogP contribution in [0.3, 0.4) is 0 Å². The standard InChI is InChI=1S/C21H19FN4O3/c1-3-29-21(28)14-5-4-6-15-16(14)19(27)17(20-25-23-11-26(20)2)18(24-15)12-7-9-13(22)10-8-12/h4-11,17-18,24H,3H2,1-2H3. The van der Waals surface area contributed by atoms with E-state index in [0.717, 1.165) is 5.56 Å². The van der Waals surface area contributed by atoms with Crippen LogP contribution in [-0.4, -0.2) is 33.1 Å². The molecule has 2 heterocycles. The first-order valence-electron chi connectivity index (χ1n) is 9.21. The molecule has 0 spiro atoms. The molecular formula is C21H19FN4O3. The lowest BCUT2D eigenvalue weighted by Gasteiger charge is -2.34. The number of aromatic nitrogens is 3. The number of hydrogen-bond acceptors (Lipinski definition) is 6. The predicted octanol–water partition coefficient (Wildman–Crippen LogP) is 3.26. The highest BCUT2D eigenvalue weighted by Gasteiger charge is 2.42. The summed E-state index contributed by atoms with van der Waals surface area (Å²) in [5, 5.41) is 11.4. The van der Waals surface area contributed by atoms with Crippen LogP contribution in [0, 0.1) is 5.82 Å². The van der Waals surface area contributed by atoms with Crippen molar-refractivity contribution in [1.29, 1.82) is 0 Å². The summed E-state index contributed by atoms with van der Waals surface area (Å²) in [5.41, 5.74) is 1.71. The number of carbonyl (C=O) groups excluding carboxylic acids is 2. The van der Waals surface area contributed by atoms with Crippen molar-refractivity contribution in [3.8, 4) is 0 Å². The second kappa shape index (κ2) is 7.46. The third-order valence-electron chi connectivity index (χ3n) is 4.99. The number of nitrogens with zero attached hydrogens (tertiary/aromatic N) is 3. The fourth-order valence-electron chi connectivity index (χ4n) is 3.66. The van der Waals surface area contributed by atoms with E-state index in [1.807, 2.05) is 0 Å². The summed E-state index contributed by atoms with van der Waals surface area (Å²) in [5.74, 6) is -1.50. The maximum Gasteiger partial charge on any atom is 0.338 e. The molecule has 8 heteroatoms. The van der Waals surface area contributed by atoms with E-state index >= 15 is 0 Å². The van der Waals surface area contributed by atoms with Gasteiger partial charge < -0.3 is 14.6 Å². The van der Waals surface area contributed by atoms with Gasteiger partial charge in [-0.25, -0.2) is 9.18 Å². The lowest BCUT2D eigenvalue weighted by molar-refractivity contribution is 0.0522. The van der Waals surface area contributed by atoms with E-state index in [1.54, 1.807) is 48.9 Å². The number of halogens is 1. The molecule has 0 bridgehead atoms. The number of esters is 1. The van der Waals surface area contributed by atoms with Crippen LogP contribution in [-0.2, 0) is 11.8 Å². The Morgan fingerprint density at radius 3 is 2.66 bits per heavy atom. The molecule has 0 radical (unpaired) electrons. The van der Waals surface area contributed by atoms with Crippen LogP contribution in [0.2, 0.25) is 0 Å². The van der Waals surface area contributed by atoms with Crippen LogP contribution in [0.25, 0.3) is 0 Å². The summed E-state index contributed by atoms with van der Waals surface area (Å²) in [7, 11) is 1.75. The Hall–Kier alpha value is -3.55. The Morgan fingerprint density at radius 1 is 1.24 bits per heavy atom. The van der Waals surface area contributed by atoms with Crippen molar-refractivity contribution in [1.82, 2.24) is 14.8 Å². The summed E-state index contributed by atoms with van der Waals surface area (Å²) in [4.78, 5) is 26.1. The highest BCUT2D eigenvalue weighted by molar-refractivity contribution is 6.14. The molecule has 148 valence electrons. The summed E-state index contributed by atoms with van der Waals surface area (Å²) in [6.45, 7) is 1.91. The zero-order valence-electron chi connectivity index (χ0n) is 15.9. The largest absolute Gasteiger partial charge is 0.462 e. The van der Waals surface area contributed by atoms with E-state index in [0.29, 0.717) is 11.5 Å². The minimum atomic E-state index is -0.754. The van der Waals surface area contributed by atoms with Gasteiger partial charge in [-0.1, -0.05) is 18.2 Å². The molecule has 1 aliphatic heterocycles. The van der Waals surface area contributed by atoms with E-state index < -0.39 is 17.9 Å². The Labute approximate surface area is 166 Å². The molecule has 2 unspecified atom stereocenters. The molecule has 3 aromatic rings. The molecule has 1 aliphatic rings. The van der Waals surface area contributed by atoms with E-state index in [9.17, 15) is 14.0 Å². The van der Waals surface area contributed by atoms with E-state index in [2.05, 4.69) is 15.5 Å². The van der Waals surface area contributed by atoms with Crippen molar-refractivity contribution >= 4 is 17.4 Å². The van der Waals surface area contributed by atoms with E-state index in [-0.39, 0.29) is 29.3 Å². The highest BCUT2D eigenvalue weighted by atomic mass is 19.1. The Morgan fingerprint density at radius 2 is 2.00 bits per heavy atom. The molecule has 2 atom stereocenters. The number of benzene rings is 2. The lowest BCUT2D eigenvalue weighted by Crippen LogP contribution is -2.34. The molecule has 29 heavy (non-hydrogen) atoms. The number of ether oxygens (including phenoxy) is 1. The Kier molecular flexibility index (Phi) is 4.84. The topological polar surface area (TPSA) is 86.1 Å². The van der Waals surface area contributed by atoms with Crippen molar-refractivity contribution in [2.24, 2.45) is 7.05 Å². The zero-order chi connectivity index (χ0) is 20.5. The third-order valence-corrected chi connectivity index (χ3v) is 4.99. The molecule has 0 fully saturated rings. The van der Waals surface area contributed by atoms with E-state index in [1.165, 1.54) is 18.5 Å². The molecule has 0 amide bonds. The normalized spacial score (nSPS) is 18.1. The van der Waals surface area contributed by atoms with Gasteiger partial charge in [-0.3, -0.25) is 4.79 Å². The minimum absolute atomic E-state index is 0.201. The maximum absolute atomic E-state index is 13.6. The van der Waals surface area contributed by atoms with Gasteiger partial charge in [0, 0.05) is 12.7 Å². The Bertz CT molecular complexity index is 1080. The molecule has 1 N–H and O–H groups in total. The molecule has 0 aliphatic carbocycles. The van der Waals surface area contributed by atoms with Crippen molar-refractivity contribution < 1.29 is 18.7 Å². The fraction of sp³-hybridized carbons (Fsp3) is 0.238. The molecule has 4 rings (SSSR count). The van der Waals surface area contributed by atoms with Gasteiger partial charge in [0.15, 0.2) is 5.78 Å². The minimum Gasteiger partial charge on any atom is -0.462 e. The first kappa shape index (κ1) is 18.8. The number of anilines is 1. The van der Waals surface area contributed by atoms with Crippen LogP contribution < -0.4 is 5.32 Å². The van der Waals surface area contributed by atoms with Crippen LogP contribution in [0.4, 0.5) is 10.1 Å². The lowest BCUT2D eigenvalue weighted by atomic mass is 9.80.